The monoisotopic (exact) mass is 589 g/mol. The number of nitrogens with zero attached hydrogens (tertiary/aromatic N) is 2. The molecule has 0 bridgehead atoms. The Bertz CT molecular complexity index is 1470. The molecule has 0 spiro atoms. The van der Waals surface area contributed by atoms with Gasteiger partial charge in [0.2, 0.25) is 11.8 Å². The minimum Gasteiger partial charge on any atom is -0.493 e. The summed E-state index contributed by atoms with van der Waals surface area (Å²) in [6.07, 6.45) is 0.654. The highest BCUT2D eigenvalue weighted by molar-refractivity contribution is 7.92. The van der Waals surface area contributed by atoms with Crippen LogP contribution in [0.5, 0.6) is 11.5 Å². The van der Waals surface area contributed by atoms with Gasteiger partial charge in [0.15, 0.2) is 11.5 Å². The molecule has 41 heavy (non-hydrogen) atoms. The minimum atomic E-state index is -4.44. The number of carbonyl (C=O) groups excluding carboxylic acids is 2. The van der Waals surface area contributed by atoms with Crippen LogP contribution in [0.15, 0.2) is 71.6 Å². The maximum Gasteiger partial charge on any atom is 0.264 e. The lowest BCUT2D eigenvalue weighted by molar-refractivity contribution is -0.139. The van der Waals surface area contributed by atoms with Crippen LogP contribution in [0.1, 0.15) is 25.8 Å². The lowest BCUT2D eigenvalue weighted by Gasteiger charge is -2.32. The molecule has 0 aliphatic rings. The molecule has 0 unspecified atom stereocenters. The zero-order valence-corrected chi connectivity index (χ0v) is 24.1. The maximum absolute atomic E-state index is 14.6. The van der Waals surface area contributed by atoms with Crippen LogP contribution in [-0.4, -0.2) is 58.5 Å². The van der Waals surface area contributed by atoms with Gasteiger partial charge in [-0.2, -0.15) is 0 Å². The van der Waals surface area contributed by atoms with Gasteiger partial charge in [-0.15, -0.1) is 0 Å². The second-order valence-corrected chi connectivity index (χ2v) is 10.9. The van der Waals surface area contributed by atoms with Gasteiger partial charge in [-0.1, -0.05) is 25.1 Å². The van der Waals surface area contributed by atoms with E-state index in [1.165, 1.54) is 69.7 Å². The van der Waals surface area contributed by atoms with Crippen LogP contribution in [0.4, 0.5) is 14.5 Å². The predicted octanol–water partition coefficient (Wildman–Crippen LogP) is 4.12. The van der Waals surface area contributed by atoms with Crippen molar-refractivity contribution in [3.63, 3.8) is 0 Å². The predicted molar refractivity (Wildman–Crippen MR) is 150 cm³/mol. The first-order valence-electron chi connectivity index (χ1n) is 12.8. The highest BCUT2D eigenvalue weighted by Crippen LogP contribution is 2.32. The molecule has 1 N–H and O–H groups in total. The summed E-state index contributed by atoms with van der Waals surface area (Å²) < 4.78 is 67.5. The quantitative estimate of drug-likeness (QED) is 0.322. The van der Waals surface area contributed by atoms with Crippen molar-refractivity contribution in [3.05, 3.63) is 83.9 Å². The number of amides is 2. The van der Waals surface area contributed by atoms with Gasteiger partial charge in [-0.25, -0.2) is 17.2 Å². The van der Waals surface area contributed by atoms with E-state index in [4.69, 9.17) is 9.47 Å². The van der Waals surface area contributed by atoms with Gasteiger partial charge < -0.3 is 19.7 Å². The molecule has 12 heteroatoms. The van der Waals surface area contributed by atoms with Gasteiger partial charge in [-0.05, 0) is 55.8 Å². The number of halogens is 2. The Morgan fingerprint density at radius 3 is 2.22 bits per heavy atom. The van der Waals surface area contributed by atoms with E-state index in [2.05, 4.69) is 5.32 Å². The van der Waals surface area contributed by atoms with Crippen molar-refractivity contribution in [2.75, 3.05) is 31.6 Å². The van der Waals surface area contributed by atoms with Gasteiger partial charge in [0.05, 0.1) is 24.8 Å². The molecule has 0 aliphatic heterocycles. The molecule has 9 nitrogen and oxygen atoms in total. The van der Waals surface area contributed by atoms with Crippen molar-refractivity contribution in [2.24, 2.45) is 0 Å². The van der Waals surface area contributed by atoms with Crippen LogP contribution in [0, 0.1) is 11.6 Å². The zero-order chi connectivity index (χ0) is 30.2. The first-order chi connectivity index (χ1) is 19.5. The normalized spacial score (nSPS) is 11.9. The van der Waals surface area contributed by atoms with Crippen molar-refractivity contribution in [1.29, 1.82) is 0 Å². The Morgan fingerprint density at radius 1 is 0.951 bits per heavy atom. The van der Waals surface area contributed by atoms with E-state index in [0.29, 0.717) is 18.7 Å². The number of ether oxygens (including phenoxy) is 2. The molecule has 1 atom stereocenters. The van der Waals surface area contributed by atoms with Crippen molar-refractivity contribution in [1.82, 2.24) is 10.2 Å². The van der Waals surface area contributed by atoms with Crippen molar-refractivity contribution < 1.29 is 36.3 Å². The fraction of sp³-hybridized carbons (Fsp3) is 0.310. The second-order valence-electron chi connectivity index (χ2n) is 9.08. The fourth-order valence-corrected chi connectivity index (χ4v) is 5.46. The molecule has 220 valence electrons. The van der Waals surface area contributed by atoms with Gasteiger partial charge in [0, 0.05) is 24.7 Å². The number of sulfonamides is 1. The van der Waals surface area contributed by atoms with E-state index >= 15 is 0 Å². The average molecular weight is 590 g/mol. The summed E-state index contributed by atoms with van der Waals surface area (Å²) >= 11 is 0. The molecule has 0 saturated heterocycles. The molecule has 3 aromatic rings. The molecule has 0 radical (unpaired) electrons. The zero-order valence-electron chi connectivity index (χ0n) is 23.3. The van der Waals surface area contributed by atoms with E-state index in [1.807, 2.05) is 6.92 Å². The number of rotatable bonds is 13. The summed E-state index contributed by atoms with van der Waals surface area (Å²) in [4.78, 5) is 27.6. The standard InChI is InChI=1S/C29H33F2N3O6S/c1-5-16-32-29(36)20(2)33(18-21-8-6-7-9-25(21)31)28(35)19-34(23-12-10-22(30)11-13-23)41(37,38)24-14-15-26(39-3)27(17-24)40-4/h6-15,17,20H,5,16,18-19H2,1-4H3,(H,32,36)/t20-/m1/s1. The Kier molecular flexibility index (Phi) is 10.6. The third-order valence-corrected chi connectivity index (χ3v) is 8.12. The number of carbonyl (C=O) groups is 2. The molecule has 3 aromatic carbocycles. The van der Waals surface area contributed by atoms with E-state index in [1.54, 1.807) is 6.07 Å². The third-order valence-electron chi connectivity index (χ3n) is 6.35. The molecule has 0 fully saturated rings. The molecule has 0 saturated carbocycles. The molecular formula is C29H33F2N3O6S. The van der Waals surface area contributed by atoms with Gasteiger partial charge >= 0.3 is 0 Å². The smallest absolute Gasteiger partial charge is 0.264 e. The lowest BCUT2D eigenvalue weighted by atomic mass is 10.1. The van der Waals surface area contributed by atoms with E-state index in [-0.39, 0.29) is 28.4 Å². The molecule has 0 aliphatic carbocycles. The molecule has 0 heterocycles. The summed E-state index contributed by atoms with van der Waals surface area (Å²) in [5, 5.41) is 2.71. The molecule has 3 rings (SSSR count). The van der Waals surface area contributed by atoms with E-state index in [0.717, 1.165) is 21.3 Å². The first-order valence-corrected chi connectivity index (χ1v) is 14.3. The van der Waals surface area contributed by atoms with Gasteiger partial charge in [0.1, 0.15) is 24.2 Å². The largest absolute Gasteiger partial charge is 0.493 e. The summed E-state index contributed by atoms with van der Waals surface area (Å²) in [5.41, 5.74) is 0.149. The number of hydrogen-bond acceptors (Lipinski definition) is 6. The topological polar surface area (TPSA) is 105 Å². The molecule has 0 aromatic heterocycles. The average Bonchev–Trinajstić information content (AvgIpc) is 2.97. The highest BCUT2D eigenvalue weighted by Gasteiger charge is 2.33. The Morgan fingerprint density at radius 2 is 1.61 bits per heavy atom. The number of hydrogen-bond donors (Lipinski definition) is 1. The Labute approximate surface area is 238 Å². The third kappa shape index (κ3) is 7.51. The number of benzene rings is 3. The van der Waals surface area contributed by atoms with Crippen LogP contribution in [-0.2, 0) is 26.2 Å². The van der Waals surface area contributed by atoms with Crippen LogP contribution in [0.2, 0.25) is 0 Å². The van der Waals surface area contributed by atoms with Crippen LogP contribution in [0.25, 0.3) is 0 Å². The maximum atomic E-state index is 14.6. The van der Waals surface area contributed by atoms with Crippen molar-refractivity contribution >= 4 is 27.5 Å². The van der Waals surface area contributed by atoms with Crippen LogP contribution < -0.4 is 19.1 Å². The van der Waals surface area contributed by atoms with Gasteiger partial charge in [-0.3, -0.25) is 13.9 Å². The number of nitrogens with one attached hydrogen (secondary N) is 1. The Hall–Kier alpha value is -4.19. The second kappa shape index (κ2) is 13.9. The van der Waals surface area contributed by atoms with Crippen molar-refractivity contribution in [2.45, 2.75) is 37.8 Å². The summed E-state index contributed by atoms with van der Waals surface area (Å²) in [5.74, 6) is -2.01. The Balaban J connectivity index is 2.07. The van der Waals surface area contributed by atoms with Gasteiger partial charge in [0.25, 0.3) is 10.0 Å². The number of methoxy groups -OCH3 is 2. The minimum absolute atomic E-state index is 0.00321. The lowest BCUT2D eigenvalue weighted by Crippen LogP contribution is -2.51. The summed E-state index contributed by atoms with van der Waals surface area (Å²) in [6.45, 7) is 2.66. The summed E-state index contributed by atoms with van der Waals surface area (Å²) in [7, 11) is -1.69. The number of anilines is 1. The van der Waals surface area contributed by atoms with Crippen molar-refractivity contribution in [3.8, 4) is 11.5 Å². The van der Waals surface area contributed by atoms with E-state index in [9.17, 15) is 26.8 Å². The summed E-state index contributed by atoms with van der Waals surface area (Å²) in [6, 6.07) is 13.2. The fourth-order valence-electron chi connectivity index (χ4n) is 4.03. The highest BCUT2D eigenvalue weighted by atomic mass is 32.2. The van der Waals surface area contributed by atoms with E-state index < -0.39 is 46.1 Å². The molecular weight excluding hydrogens is 556 g/mol. The van der Waals surface area contributed by atoms with Crippen LogP contribution >= 0.6 is 0 Å². The molecule has 2 amide bonds. The first kappa shape index (κ1) is 31.3. The van der Waals surface area contributed by atoms with Crippen LogP contribution in [0.3, 0.4) is 0 Å². The SMILES string of the molecule is CCCNC(=O)[C@@H](C)N(Cc1ccccc1F)C(=O)CN(c1ccc(F)cc1)S(=O)(=O)c1ccc(OC)c(OC)c1.